The van der Waals surface area contributed by atoms with E-state index in [0.29, 0.717) is 11.0 Å². The number of para-hydroxylation sites is 1. The number of halogens is 1. The highest BCUT2D eigenvalue weighted by Crippen LogP contribution is 2.32. The summed E-state index contributed by atoms with van der Waals surface area (Å²) in [5.41, 5.74) is 3.03. The molecule has 130 valence electrons. The van der Waals surface area contributed by atoms with Crippen molar-refractivity contribution in [1.29, 1.82) is 0 Å². The van der Waals surface area contributed by atoms with E-state index >= 15 is 0 Å². The molecular formula is C19H19BrN2O2S. The van der Waals surface area contributed by atoms with Gasteiger partial charge < -0.3 is 4.74 Å². The Morgan fingerprint density at radius 3 is 2.80 bits per heavy atom. The number of carbonyl (C=O) groups excluding carboxylic acids is 1. The van der Waals surface area contributed by atoms with E-state index in [4.69, 9.17) is 4.74 Å². The van der Waals surface area contributed by atoms with Crippen LogP contribution in [0, 0.1) is 6.92 Å². The Morgan fingerprint density at radius 2 is 2.08 bits per heavy atom. The highest BCUT2D eigenvalue weighted by molar-refractivity contribution is 9.10. The van der Waals surface area contributed by atoms with Crippen molar-refractivity contribution >= 4 is 48.5 Å². The van der Waals surface area contributed by atoms with Crippen LogP contribution in [0.15, 0.2) is 40.9 Å². The molecule has 1 N–H and O–H groups in total. The summed E-state index contributed by atoms with van der Waals surface area (Å²) in [5.74, 6) is 0.837. The Morgan fingerprint density at radius 1 is 1.32 bits per heavy atom. The zero-order valence-corrected chi connectivity index (χ0v) is 16.7. The van der Waals surface area contributed by atoms with Gasteiger partial charge in [0.25, 0.3) is 5.91 Å². The fourth-order valence-corrected chi connectivity index (χ4v) is 3.71. The molecule has 3 aromatic rings. The number of hydrogen-bond donors (Lipinski definition) is 1. The van der Waals surface area contributed by atoms with Crippen LogP contribution >= 0.6 is 27.3 Å². The Labute approximate surface area is 159 Å². The van der Waals surface area contributed by atoms with Crippen LogP contribution in [0.1, 0.15) is 30.9 Å². The van der Waals surface area contributed by atoms with Crippen LogP contribution in [0.5, 0.6) is 5.75 Å². The first kappa shape index (κ1) is 17.9. The van der Waals surface area contributed by atoms with Crippen molar-refractivity contribution in [3.05, 3.63) is 52.0 Å². The normalized spacial score (nSPS) is 11.1. The molecule has 2 aromatic carbocycles. The van der Waals surface area contributed by atoms with Crippen LogP contribution in [0.2, 0.25) is 0 Å². The lowest BCUT2D eigenvalue weighted by molar-refractivity contribution is -0.118. The van der Waals surface area contributed by atoms with E-state index in [-0.39, 0.29) is 12.5 Å². The first-order valence-electron chi connectivity index (χ1n) is 8.02. The standard InChI is InChI=1S/C19H19BrN2O2S/c1-11(2)13-9-14(20)12(3)8-16(13)24-10-18(23)22-19-21-15-6-4-5-7-17(15)25-19/h4-9,11H,10H2,1-3H3,(H,21,22,23). The second-order valence-corrected chi connectivity index (χ2v) is 8.00. The van der Waals surface area contributed by atoms with Crippen LogP contribution in [0.3, 0.4) is 0 Å². The number of hydrogen-bond acceptors (Lipinski definition) is 4. The van der Waals surface area contributed by atoms with E-state index in [2.05, 4.69) is 46.1 Å². The van der Waals surface area contributed by atoms with Gasteiger partial charge in [-0.15, -0.1) is 0 Å². The number of nitrogens with zero attached hydrogens (tertiary/aromatic N) is 1. The topological polar surface area (TPSA) is 51.2 Å². The van der Waals surface area contributed by atoms with Crippen molar-refractivity contribution in [2.45, 2.75) is 26.7 Å². The average molecular weight is 419 g/mol. The molecule has 1 amide bonds. The summed E-state index contributed by atoms with van der Waals surface area (Å²) in [6.07, 6.45) is 0. The largest absolute Gasteiger partial charge is 0.483 e. The molecule has 25 heavy (non-hydrogen) atoms. The average Bonchev–Trinajstić information content (AvgIpc) is 2.97. The summed E-state index contributed by atoms with van der Waals surface area (Å²) in [4.78, 5) is 16.6. The number of carbonyl (C=O) groups is 1. The summed E-state index contributed by atoms with van der Waals surface area (Å²) in [6.45, 7) is 6.16. The fraction of sp³-hybridized carbons (Fsp3) is 0.263. The molecule has 4 nitrogen and oxygen atoms in total. The van der Waals surface area contributed by atoms with E-state index in [1.165, 1.54) is 11.3 Å². The van der Waals surface area contributed by atoms with Gasteiger partial charge in [-0.25, -0.2) is 4.98 Å². The molecule has 1 heterocycles. The number of aromatic nitrogens is 1. The molecule has 1 aromatic heterocycles. The zero-order chi connectivity index (χ0) is 18.0. The highest BCUT2D eigenvalue weighted by Gasteiger charge is 2.13. The SMILES string of the molecule is Cc1cc(OCC(=O)Nc2nc3ccccc3s2)c(C(C)C)cc1Br. The number of ether oxygens (including phenoxy) is 1. The maximum atomic E-state index is 12.2. The Kier molecular flexibility index (Phi) is 5.39. The minimum Gasteiger partial charge on any atom is -0.483 e. The molecule has 0 atom stereocenters. The highest BCUT2D eigenvalue weighted by atomic mass is 79.9. The Balaban J connectivity index is 1.69. The third kappa shape index (κ3) is 4.19. The molecule has 0 bridgehead atoms. The number of fused-ring (bicyclic) bond motifs is 1. The molecule has 0 unspecified atom stereocenters. The van der Waals surface area contributed by atoms with Crippen molar-refractivity contribution < 1.29 is 9.53 Å². The summed E-state index contributed by atoms with van der Waals surface area (Å²) in [7, 11) is 0. The number of nitrogens with one attached hydrogen (secondary N) is 1. The quantitative estimate of drug-likeness (QED) is 0.594. The summed E-state index contributed by atoms with van der Waals surface area (Å²) < 4.78 is 7.88. The van der Waals surface area contributed by atoms with Crippen molar-refractivity contribution in [1.82, 2.24) is 4.98 Å². The lowest BCUT2D eigenvalue weighted by atomic mass is 10.0. The van der Waals surface area contributed by atoms with Crippen LogP contribution < -0.4 is 10.1 Å². The van der Waals surface area contributed by atoms with Crippen molar-refractivity contribution in [3.8, 4) is 5.75 Å². The van der Waals surface area contributed by atoms with E-state index in [9.17, 15) is 4.79 Å². The molecule has 3 rings (SSSR count). The molecule has 0 aliphatic carbocycles. The fourth-order valence-electron chi connectivity index (χ4n) is 2.47. The zero-order valence-electron chi connectivity index (χ0n) is 14.3. The van der Waals surface area contributed by atoms with Gasteiger partial charge in [-0.3, -0.25) is 10.1 Å². The predicted octanol–water partition coefficient (Wildman–Crippen LogP) is 5.51. The van der Waals surface area contributed by atoms with Crippen LogP contribution in [0.25, 0.3) is 10.2 Å². The van der Waals surface area contributed by atoms with Crippen LogP contribution in [-0.2, 0) is 4.79 Å². The lowest BCUT2D eigenvalue weighted by Gasteiger charge is -2.15. The van der Waals surface area contributed by atoms with Gasteiger partial charge in [0.15, 0.2) is 11.7 Å². The molecule has 0 saturated carbocycles. The van der Waals surface area contributed by atoms with Gasteiger partial charge in [0, 0.05) is 4.47 Å². The van der Waals surface area contributed by atoms with Gasteiger partial charge >= 0.3 is 0 Å². The summed E-state index contributed by atoms with van der Waals surface area (Å²) in [6, 6.07) is 11.8. The van der Waals surface area contributed by atoms with Crippen LogP contribution in [0.4, 0.5) is 5.13 Å². The van der Waals surface area contributed by atoms with E-state index < -0.39 is 0 Å². The van der Waals surface area contributed by atoms with Gasteiger partial charge in [-0.2, -0.15) is 0 Å². The molecule has 0 aliphatic heterocycles. The van der Waals surface area contributed by atoms with Gasteiger partial charge in [-0.1, -0.05) is 53.2 Å². The van der Waals surface area contributed by atoms with Gasteiger partial charge in [-0.05, 0) is 48.2 Å². The first-order valence-corrected chi connectivity index (χ1v) is 9.63. The molecular weight excluding hydrogens is 400 g/mol. The molecule has 6 heteroatoms. The van der Waals surface area contributed by atoms with Crippen molar-refractivity contribution in [2.75, 3.05) is 11.9 Å². The van der Waals surface area contributed by atoms with Gasteiger partial charge in [0.05, 0.1) is 10.2 Å². The minimum atomic E-state index is -0.214. The van der Waals surface area contributed by atoms with Gasteiger partial charge in [0.1, 0.15) is 5.75 Å². The maximum Gasteiger partial charge on any atom is 0.264 e. The number of aryl methyl sites for hydroxylation is 1. The monoisotopic (exact) mass is 418 g/mol. The molecule has 0 radical (unpaired) electrons. The third-order valence-electron chi connectivity index (χ3n) is 3.81. The van der Waals surface area contributed by atoms with Crippen molar-refractivity contribution in [3.63, 3.8) is 0 Å². The number of anilines is 1. The van der Waals surface area contributed by atoms with Crippen LogP contribution in [-0.4, -0.2) is 17.5 Å². The summed E-state index contributed by atoms with van der Waals surface area (Å²) in [5, 5.41) is 3.40. The van der Waals surface area contributed by atoms with E-state index in [1.807, 2.05) is 37.3 Å². The second-order valence-electron chi connectivity index (χ2n) is 6.12. The Hall–Kier alpha value is -1.92. The molecule has 0 aliphatic rings. The lowest BCUT2D eigenvalue weighted by Crippen LogP contribution is -2.20. The number of rotatable bonds is 5. The van der Waals surface area contributed by atoms with E-state index in [1.54, 1.807) is 0 Å². The number of amides is 1. The molecule has 0 fully saturated rings. The Bertz CT molecular complexity index is 888. The second kappa shape index (κ2) is 7.54. The number of benzene rings is 2. The maximum absolute atomic E-state index is 12.2. The molecule has 0 saturated heterocycles. The van der Waals surface area contributed by atoms with E-state index in [0.717, 1.165) is 31.6 Å². The van der Waals surface area contributed by atoms with Gasteiger partial charge in [0.2, 0.25) is 0 Å². The summed E-state index contributed by atoms with van der Waals surface area (Å²) >= 11 is 5.00. The van der Waals surface area contributed by atoms with Crippen molar-refractivity contribution in [2.24, 2.45) is 0 Å². The first-order chi connectivity index (χ1) is 11.9. The molecule has 0 spiro atoms. The number of thiazole rings is 1. The predicted molar refractivity (Wildman–Crippen MR) is 107 cm³/mol. The third-order valence-corrected chi connectivity index (χ3v) is 5.62. The minimum absolute atomic E-state index is 0.0449. The smallest absolute Gasteiger partial charge is 0.264 e.